The van der Waals surface area contributed by atoms with Crippen LogP contribution in [0.4, 0.5) is 0 Å². The average Bonchev–Trinajstić information content (AvgIpc) is 2.81. The Balaban J connectivity index is 0.00000180. The summed E-state index contributed by atoms with van der Waals surface area (Å²) >= 11 is 5.93. The van der Waals surface area contributed by atoms with Crippen molar-refractivity contribution in [3.63, 3.8) is 0 Å². The minimum absolute atomic E-state index is 0. The highest BCUT2D eigenvalue weighted by Gasteiger charge is 2.19. The van der Waals surface area contributed by atoms with E-state index >= 15 is 0 Å². The maximum Gasteiger partial charge on any atom is 0.224 e. The molecular formula is C14H20Cl2N2O. The molecule has 19 heavy (non-hydrogen) atoms. The number of nitrogens with one attached hydrogen (secondary N) is 1. The molecule has 106 valence electrons. The quantitative estimate of drug-likeness (QED) is 0.927. The minimum atomic E-state index is 0. The van der Waals surface area contributed by atoms with Gasteiger partial charge in [0, 0.05) is 31.1 Å². The van der Waals surface area contributed by atoms with E-state index < -0.39 is 0 Å². The van der Waals surface area contributed by atoms with Gasteiger partial charge < -0.3 is 10.2 Å². The van der Waals surface area contributed by atoms with Crippen LogP contribution in [0.25, 0.3) is 0 Å². The Bertz CT molecular complexity index is 420. The molecule has 1 N–H and O–H groups in total. The zero-order chi connectivity index (χ0) is 13.0. The van der Waals surface area contributed by atoms with Gasteiger partial charge in [-0.15, -0.1) is 12.4 Å². The van der Waals surface area contributed by atoms with Gasteiger partial charge >= 0.3 is 0 Å². The molecule has 0 aliphatic carbocycles. The van der Waals surface area contributed by atoms with Crippen LogP contribution in [0.5, 0.6) is 0 Å². The van der Waals surface area contributed by atoms with Crippen molar-refractivity contribution in [3.8, 4) is 0 Å². The van der Waals surface area contributed by atoms with E-state index in [1.807, 2.05) is 31.3 Å². The number of nitrogens with zero attached hydrogens (tertiary/aromatic N) is 1. The minimum Gasteiger partial charge on any atom is -0.341 e. The van der Waals surface area contributed by atoms with Gasteiger partial charge in [-0.3, -0.25) is 4.79 Å². The SMILES string of the molecule is CN(Cc1cccc(Cl)c1)C(=O)CC1CCCN1.Cl. The third kappa shape index (κ3) is 5.01. The summed E-state index contributed by atoms with van der Waals surface area (Å²) in [7, 11) is 1.85. The number of amides is 1. The summed E-state index contributed by atoms with van der Waals surface area (Å²) in [6.07, 6.45) is 2.88. The summed E-state index contributed by atoms with van der Waals surface area (Å²) in [6, 6.07) is 8.01. The Morgan fingerprint density at radius 1 is 1.53 bits per heavy atom. The van der Waals surface area contributed by atoms with Crippen molar-refractivity contribution in [2.24, 2.45) is 0 Å². The maximum absolute atomic E-state index is 12.0. The number of rotatable bonds is 4. The molecule has 0 radical (unpaired) electrons. The van der Waals surface area contributed by atoms with Crippen LogP contribution in [0, 0.1) is 0 Å². The largest absolute Gasteiger partial charge is 0.341 e. The predicted octanol–water partition coefficient (Wildman–Crippen LogP) is 2.86. The van der Waals surface area contributed by atoms with E-state index in [1.165, 1.54) is 6.42 Å². The lowest BCUT2D eigenvalue weighted by Crippen LogP contribution is -2.33. The molecule has 1 heterocycles. The van der Waals surface area contributed by atoms with Crippen LogP contribution < -0.4 is 5.32 Å². The van der Waals surface area contributed by atoms with E-state index in [1.54, 1.807) is 4.90 Å². The van der Waals surface area contributed by atoms with Crippen molar-refractivity contribution in [1.82, 2.24) is 10.2 Å². The molecule has 0 bridgehead atoms. The Morgan fingerprint density at radius 2 is 2.32 bits per heavy atom. The fourth-order valence-corrected chi connectivity index (χ4v) is 2.51. The molecule has 5 heteroatoms. The number of halogens is 2. The molecule has 1 aliphatic heterocycles. The monoisotopic (exact) mass is 302 g/mol. The van der Waals surface area contributed by atoms with Gasteiger partial charge in [0.2, 0.25) is 5.91 Å². The second kappa shape index (κ2) is 7.73. The van der Waals surface area contributed by atoms with Crippen LogP contribution in [0.2, 0.25) is 5.02 Å². The molecule has 1 unspecified atom stereocenters. The van der Waals surface area contributed by atoms with E-state index in [0.29, 0.717) is 24.0 Å². The molecule has 0 aromatic heterocycles. The van der Waals surface area contributed by atoms with Crippen molar-refractivity contribution >= 4 is 29.9 Å². The van der Waals surface area contributed by atoms with Crippen molar-refractivity contribution in [3.05, 3.63) is 34.9 Å². The first-order valence-electron chi connectivity index (χ1n) is 6.37. The van der Waals surface area contributed by atoms with Crippen LogP contribution in [0.1, 0.15) is 24.8 Å². The summed E-state index contributed by atoms with van der Waals surface area (Å²) in [5.74, 6) is 0.189. The number of hydrogen-bond acceptors (Lipinski definition) is 2. The molecule has 2 rings (SSSR count). The molecule has 1 atom stereocenters. The first kappa shape index (κ1) is 16.3. The van der Waals surface area contributed by atoms with Gasteiger partial charge in [-0.25, -0.2) is 0 Å². The average molecular weight is 303 g/mol. The van der Waals surface area contributed by atoms with Gasteiger partial charge in [-0.1, -0.05) is 23.7 Å². The van der Waals surface area contributed by atoms with E-state index in [2.05, 4.69) is 5.32 Å². The van der Waals surface area contributed by atoms with Crippen LogP contribution in [-0.4, -0.2) is 30.4 Å². The molecular weight excluding hydrogens is 283 g/mol. The van der Waals surface area contributed by atoms with E-state index in [0.717, 1.165) is 18.5 Å². The normalized spacial score (nSPS) is 17.9. The molecule has 3 nitrogen and oxygen atoms in total. The molecule has 1 aliphatic rings. The molecule has 1 aromatic carbocycles. The Morgan fingerprint density at radius 3 is 2.95 bits per heavy atom. The molecule has 1 saturated heterocycles. The second-order valence-electron chi connectivity index (χ2n) is 4.88. The molecule has 1 aromatic rings. The highest BCUT2D eigenvalue weighted by atomic mass is 35.5. The van der Waals surface area contributed by atoms with Gasteiger partial charge in [-0.05, 0) is 37.1 Å². The Labute approximate surface area is 125 Å². The third-order valence-corrected chi connectivity index (χ3v) is 3.55. The Kier molecular flexibility index (Phi) is 6.63. The molecule has 0 saturated carbocycles. The van der Waals surface area contributed by atoms with Crippen LogP contribution >= 0.6 is 24.0 Å². The summed E-state index contributed by atoms with van der Waals surface area (Å²) in [5, 5.41) is 4.06. The highest BCUT2D eigenvalue weighted by Crippen LogP contribution is 2.14. The predicted molar refractivity (Wildman–Crippen MR) is 80.8 cm³/mol. The van der Waals surface area contributed by atoms with Crippen LogP contribution in [0.3, 0.4) is 0 Å². The maximum atomic E-state index is 12.0. The number of carbonyl (C=O) groups excluding carboxylic acids is 1. The molecule has 1 fully saturated rings. The smallest absolute Gasteiger partial charge is 0.224 e. The zero-order valence-electron chi connectivity index (χ0n) is 11.1. The van der Waals surface area contributed by atoms with Gasteiger partial charge in [-0.2, -0.15) is 0 Å². The number of carbonyl (C=O) groups is 1. The van der Waals surface area contributed by atoms with Crippen molar-refractivity contribution < 1.29 is 4.79 Å². The van der Waals surface area contributed by atoms with Crippen LogP contribution in [-0.2, 0) is 11.3 Å². The Hall–Kier alpha value is -0.770. The summed E-state index contributed by atoms with van der Waals surface area (Å²) in [6.45, 7) is 1.65. The first-order chi connectivity index (χ1) is 8.65. The van der Waals surface area contributed by atoms with Crippen molar-refractivity contribution in [2.75, 3.05) is 13.6 Å². The first-order valence-corrected chi connectivity index (χ1v) is 6.75. The fourth-order valence-electron chi connectivity index (χ4n) is 2.29. The highest BCUT2D eigenvalue weighted by molar-refractivity contribution is 6.30. The lowest BCUT2D eigenvalue weighted by Gasteiger charge is -2.19. The van der Waals surface area contributed by atoms with Gasteiger partial charge in [0.1, 0.15) is 0 Å². The summed E-state index contributed by atoms with van der Waals surface area (Å²) in [5.41, 5.74) is 1.07. The number of benzene rings is 1. The van der Waals surface area contributed by atoms with Gasteiger partial charge in [0.15, 0.2) is 0 Å². The zero-order valence-corrected chi connectivity index (χ0v) is 12.6. The van der Waals surface area contributed by atoms with E-state index in [-0.39, 0.29) is 18.3 Å². The number of hydrogen-bond donors (Lipinski definition) is 1. The van der Waals surface area contributed by atoms with Crippen molar-refractivity contribution in [2.45, 2.75) is 31.8 Å². The molecule has 1 amide bonds. The topological polar surface area (TPSA) is 32.3 Å². The third-order valence-electron chi connectivity index (χ3n) is 3.32. The fraction of sp³-hybridized carbons (Fsp3) is 0.500. The van der Waals surface area contributed by atoms with Gasteiger partial charge in [0.25, 0.3) is 0 Å². The lowest BCUT2D eigenvalue weighted by atomic mass is 10.1. The standard InChI is InChI=1S/C14H19ClN2O.ClH/c1-17(10-11-4-2-5-12(15)8-11)14(18)9-13-6-3-7-16-13;/h2,4-5,8,13,16H,3,6-7,9-10H2,1H3;1H. The molecule has 0 spiro atoms. The second-order valence-corrected chi connectivity index (χ2v) is 5.31. The van der Waals surface area contributed by atoms with E-state index in [4.69, 9.17) is 11.6 Å². The lowest BCUT2D eigenvalue weighted by molar-refractivity contribution is -0.130. The summed E-state index contributed by atoms with van der Waals surface area (Å²) in [4.78, 5) is 13.8. The summed E-state index contributed by atoms with van der Waals surface area (Å²) < 4.78 is 0. The van der Waals surface area contributed by atoms with Gasteiger partial charge in [0.05, 0.1) is 0 Å². The van der Waals surface area contributed by atoms with E-state index in [9.17, 15) is 4.79 Å². The van der Waals surface area contributed by atoms with Crippen molar-refractivity contribution in [1.29, 1.82) is 0 Å². The van der Waals surface area contributed by atoms with Crippen LogP contribution in [0.15, 0.2) is 24.3 Å².